The van der Waals surface area contributed by atoms with E-state index in [1.54, 1.807) is 0 Å². The van der Waals surface area contributed by atoms with Crippen LogP contribution in [0.5, 0.6) is 0 Å². The number of aromatic nitrogens is 2. The fraction of sp³-hybridized carbons (Fsp3) is 0.0476. The van der Waals surface area contributed by atoms with Gasteiger partial charge in [-0.05, 0) is 42.5 Å². The van der Waals surface area contributed by atoms with Gasteiger partial charge >= 0.3 is 6.18 Å². The van der Waals surface area contributed by atoms with Crippen LogP contribution in [0.4, 0.5) is 23.2 Å². The molecule has 2 N–H and O–H groups in total. The first-order chi connectivity index (χ1) is 15.5. The summed E-state index contributed by atoms with van der Waals surface area (Å²) < 4.78 is 80.5. The molecule has 4 aromatic rings. The number of fused-ring (bicyclic) bond motifs is 1. The molecule has 2 aromatic carbocycles. The van der Waals surface area contributed by atoms with E-state index >= 15 is 0 Å². The zero-order chi connectivity index (χ0) is 24.0. The number of anilines is 1. The number of pyridine rings is 1. The molecule has 33 heavy (non-hydrogen) atoms. The molecule has 0 fully saturated rings. The summed E-state index contributed by atoms with van der Waals surface area (Å²) in [4.78, 5) is 19.1. The number of nitrogens with one attached hydrogen (secondary N) is 2. The van der Waals surface area contributed by atoms with Crippen LogP contribution < -0.4 is 4.72 Å². The quantitative estimate of drug-likeness (QED) is 0.285. The van der Waals surface area contributed by atoms with E-state index in [9.17, 15) is 30.8 Å². The third kappa shape index (κ3) is 4.55. The standard InChI is InChI=1S/C21H12ClF4N3O3S/c22-12-7-15-17(10-28-20(15)27-9-12)19(30)16-8-13(4-5-18(16)23)29-33(31,32)14-3-1-2-11(6-14)21(24,25)26/h1-10,29H,(H,27,28). The Morgan fingerprint density at radius 1 is 1.06 bits per heavy atom. The molecular weight excluding hydrogens is 486 g/mol. The minimum Gasteiger partial charge on any atom is -0.345 e. The van der Waals surface area contributed by atoms with Crippen molar-refractivity contribution in [1.29, 1.82) is 0 Å². The van der Waals surface area contributed by atoms with Crippen molar-refractivity contribution in [1.82, 2.24) is 9.97 Å². The number of nitrogens with zero attached hydrogens (tertiary/aromatic N) is 1. The highest BCUT2D eigenvalue weighted by Crippen LogP contribution is 2.31. The molecule has 2 heterocycles. The molecule has 0 aliphatic rings. The molecule has 2 aromatic heterocycles. The average molecular weight is 498 g/mol. The van der Waals surface area contributed by atoms with Gasteiger partial charge in [0.1, 0.15) is 11.5 Å². The van der Waals surface area contributed by atoms with Crippen LogP contribution in [0.15, 0.2) is 65.8 Å². The molecule has 4 rings (SSSR count). The van der Waals surface area contributed by atoms with E-state index in [4.69, 9.17) is 11.6 Å². The molecule has 0 saturated carbocycles. The lowest BCUT2D eigenvalue weighted by Crippen LogP contribution is -2.15. The molecule has 0 unspecified atom stereocenters. The van der Waals surface area contributed by atoms with Gasteiger partial charge in [-0.2, -0.15) is 13.2 Å². The molecular formula is C21H12ClF4N3O3S. The predicted octanol–water partition coefficient (Wildman–Crippen LogP) is 5.41. The second-order valence-electron chi connectivity index (χ2n) is 6.91. The minimum absolute atomic E-state index is 0.0526. The maximum Gasteiger partial charge on any atom is 0.416 e. The monoisotopic (exact) mass is 497 g/mol. The molecule has 6 nitrogen and oxygen atoms in total. The number of sulfonamides is 1. The number of hydrogen-bond acceptors (Lipinski definition) is 4. The Balaban J connectivity index is 1.69. The Morgan fingerprint density at radius 3 is 2.55 bits per heavy atom. The van der Waals surface area contributed by atoms with E-state index in [-0.39, 0.29) is 16.3 Å². The van der Waals surface area contributed by atoms with Crippen molar-refractivity contribution in [2.75, 3.05) is 4.72 Å². The van der Waals surface area contributed by atoms with Crippen molar-refractivity contribution in [2.24, 2.45) is 0 Å². The van der Waals surface area contributed by atoms with Crippen molar-refractivity contribution in [3.8, 4) is 0 Å². The van der Waals surface area contributed by atoms with Crippen molar-refractivity contribution in [2.45, 2.75) is 11.1 Å². The molecule has 170 valence electrons. The van der Waals surface area contributed by atoms with E-state index in [2.05, 4.69) is 14.7 Å². The number of halogens is 5. The largest absolute Gasteiger partial charge is 0.416 e. The zero-order valence-electron chi connectivity index (χ0n) is 16.2. The molecule has 0 saturated heterocycles. The van der Waals surface area contributed by atoms with Crippen LogP contribution in [-0.4, -0.2) is 24.2 Å². The van der Waals surface area contributed by atoms with E-state index in [0.717, 1.165) is 36.4 Å². The van der Waals surface area contributed by atoms with Crippen molar-refractivity contribution >= 4 is 44.1 Å². The Hall–Kier alpha value is -3.44. The number of aromatic amines is 1. The van der Waals surface area contributed by atoms with Gasteiger partial charge in [0.25, 0.3) is 10.0 Å². The minimum atomic E-state index is -4.74. The maximum atomic E-state index is 14.5. The van der Waals surface area contributed by atoms with Gasteiger partial charge in [-0.15, -0.1) is 0 Å². The van der Waals surface area contributed by atoms with Gasteiger partial charge in [-0.3, -0.25) is 9.52 Å². The first-order valence-corrected chi connectivity index (χ1v) is 11.0. The van der Waals surface area contributed by atoms with Gasteiger partial charge in [0.15, 0.2) is 5.78 Å². The highest BCUT2D eigenvalue weighted by Gasteiger charge is 2.31. The van der Waals surface area contributed by atoms with Crippen LogP contribution in [0.3, 0.4) is 0 Å². The fourth-order valence-corrected chi connectivity index (χ4v) is 4.38. The topological polar surface area (TPSA) is 91.9 Å². The van der Waals surface area contributed by atoms with Gasteiger partial charge in [0, 0.05) is 29.0 Å². The summed E-state index contributed by atoms with van der Waals surface area (Å²) in [7, 11) is -4.46. The average Bonchev–Trinajstić information content (AvgIpc) is 3.17. The number of benzene rings is 2. The molecule has 0 aliphatic carbocycles. The second-order valence-corrected chi connectivity index (χ2v) is 9.03. The number of carbonyl (C=O) groups is 1. The van der Waals surface area contributed by atoms with E-state index in [1.807, 2.05) is 0 Å². The Morgan fingerprint density at radius 2 is 1.82 bits per heavy atom. The van der Waals surface area contributed by atoms with Crippen LogP contribution >= 0.6 is 11.6 Å². The van der Waals surface area contributed by atoms with E-state index in [1.165, 1.54) is 18.5 Å². The third-order valence-electron chi connectivity index (χ3n) is 4.68. The maximum absolute atomic E-state index is 14.5. The first-order valence-electron chi connectivity index (χ1n) is 9.13. The van der Waals surface area contributed by atoms with Crippen LogP contribution in [0.2, 0.25) is 5.02 Å². The number of carbonyl (C=O) groups excluding carboxylic acids is 1. The molecule has 0 atom stereocenters. The summed E-state index contributed by atoms with van der Waals surface area (Å²) in [6.07, 6.45) is -2.06. The van der Waals surface area contributed by atoms with Crippen LogP contribution in [0, 0.1) is 5.82 Å². The number of H-pyrrole nitrogens is 1. The van der Waals surface area contributed by atoms with Crippen LogP contribution in [0.25, 0.3) is 11.0 Å². The zero-order valence-corrected chi connectivity index (χ0v) is 17.8. The van der Waals surface area contributed by atoms with Crippen molar-refractivity contribution in [3.05, 3.63) is 88.5 Å². The lowest BCUT2D eigenvalue weighted by molar-refractivity contribution is -0.137. The summed E-state index contributed by atoms with van der Waals surface area (Å²) in [5, 5.41) is 0.584. The second kappa shape index (κ2) is 8.16. The number of hydrogen-bond donors (Lipinski definition) is 2. The summed E-state index contributed by atoms with van der Waals surface area (Å²) in [5.74, 6) is -1.70. The Labute approximate surface area is 189 Å². The van der Waals surface area contributed by atoms with Gasteiger partial charge in [0.2, 0.25) is 0 Å². The van der Waals surface area contributed by atoms with E-state index < -0.39 is 43.8 Å². The smallest absolute Gasteiger partial charge is 0.345 e. The summed E-state index contributed by atoms with van der Waals surface area (Å²) >= 11 is 5.92. The van der Waals surface area contributed by atoms with Crippen LogP contribution in [0.1, 0.15) is 21.5 Å². The Kier molecular flexibility index (Phi) is 5.62. The van der Waals surface area contributed by atoms with Crippen molar-refractivity contribution < 1.29 is 30.8 Å². The predicted molar refractivity (Wildman–Crippen MR) is 113 cm³/mol. The number of alkyl halides is 3. The summed E-state index contributed by atoms with van der Waals surface area (Å²) in [5.41, 5.74) is -1.43. The summed E-state index contributed by atoms with van der Waals surface area (Å²) in [6, 6.07) is 7.48. The van der Waals surface area contributed by atoms with E-state index in [0.29, 0.717) is 17.1 Å². The highest BCUT2D eigenvalue weighted by molar-refractivity contribution is 7.92. The summed E-state index contributed by atoms with van der Waals surface area (Å²) in [6.45, 7) is 0. The number of ketones is 1. The normalized spacial score (nSPS) is 12.2. The van der Waals surface area contributed by atoms with Crippen molar-refractivity contribution in [3.63, 3.8) is 0 Å². The molecule has 0 bridgehead atoms. The SMILES string of the molecule is O=C(c1cc(NS(=O)(=O)c2cccc(C(F)(F)F)c2)ccc1F)c1c[nH]c2ncc(Cl)cc12. The van der Waals surface area contributed by atoms with Gasteiger partial charge < -0.3 is 4.98 Å². The highest BCUT2D eigenvalue weighted by atomic mass is 35.5. The molecule has 0 aliphatic heterocycles. The van der Waals surface area contributed by atoms with Gasteiger partial charge in [-0.25, -0.2) is 17.8 Å². The lowest BCUT2D eigenvalue weighted by atomic mass is 10.0. The third-order valence-corrected chi connectivity index (χ3v) is 6.26. The van der Waals surface area contributed by atoms with Gasteiger partial charge in [-0.1, -0.05) is 17.7 Å². The fourth-order valence-electron chi connectivity index (χ4n) is 3.13. The number of rotatable bonds is 5. The molecule has 0 radical (unpaired) electrons. The Bertz CT molecular complexity index is 1500. The lowest BCUT2D eigenvalue weighted by Gasteiger charge is -2.12. The first kappa shape index (κ1) is 22.7. The van der Waals surface area contributed by atoms with Gasteiger partial charge in [0.05, 0.1) is 21.0 Å². The molecule has 12 heteroatoms. The van der Waals surface area contributed by atoms with Crippen LogP contribution in [-0.2, 0) is 16.2 Å². The molecule has 0 amide bonds. The molecule has 0 spiro atoms.